The topological polar surface area (TPSA) is 29.9 Å². The van der Waals surface area contributed by atoms with Crippen LogP contribution in [0.3, 0.4) is 0 Å². The molecule has 0 radical (unpaired) electrons. The maximum Gasteiger partial charge on any atom is 0.0682 e. The van der Waals surface area contributed by atoms with Crippen molar-refractivity contribution in [3.05, 3.63) is 41.1 Å². The summed E-state index contributed by atoms with van der Waals surface area (Å²) in [6, 6.07) is 8.92. The molecule has 3 nitrogen and oxygen atoms in total. The largest absolute Gasteiger partial charge is 0.316 e. The van der Waals surface area contributed by atoms with Gasteiger partial charge < -0.3 is 5.32 Å². The van der Waals surface area contributed by atoms with E-state index in [9.17, 15) is 0 Å². The number of aromatic nitrogens is 2. The van der Waals surface area contributed by atoms with Gasteiger partial charge in [0.05, 0.1) is 11.4 Å². The van der Waals surface area contributed by atoms with Gasteiger partial charge in [0.1, 0.15) is 0 Å². The van der Waals surface area contributed by atoms with E-state index in [1.54, 1.807) is 0 Å². The fourth-order valence-electron chi connectivity index (χ4n) is 2.96. The average Bonchev–Trinajstić information content (AvgIpc) is 2.85. The highest BCUT2D eigenvalue weighted by atomic mass is 15.3. The van der Waals surface area contributed by atoms with E-state index in [0.29, 0.717) is 5.92 Å². The maximum atomic E-state index is 4.74. The highest BCUT2D eigenvalue weighted by molar-refractivity contribution is 5.62. The van der Waals surface area contributed by atoms with Gasteiger partial charge in [0.15, 0.2) is 0 Å². The number of rotatable bonds is 2. The van der Waals surface area contributed by atoms with Crippen LogP contribution in [0.5, 0.6) is 0 Å². The summed E-state index contributed by atoms with van der Waals surface area (Å²) in [7, 11) is 2.05. The second-order valence-electron chi connectivity index (χ2n) is 5.92. The van der Waals surface area contributed by atoms with E-state index < -0.39 is 0 Å². The van der Waals surface area contributed by atoms with Gasteiger partial charge in [-0.1, -0.05) is 12.1 Å². The molecule has 1 aliphatic heterocycles. The summed E-state index contributed by atoms with van der Waals surface area (Å²) in [5, 5.41) is 8.21. The predicted octanol–water partition coefficient (Wildman–Crippen LogP) is 3.17. The molecule has 1 aliphatic rings. The number of hydrogen-bond acceptors (Lipinski definition) is 2. The monoisotopic (exact) mass is 269 g/mol. The van der Waals surface area contributed by atoms with Crippen molar-refractivity contribution in [2.24, 2.45) is 7.05 Å². The molecular weight excluding hydrogens is 246 g/mol. The van der Waals surface area contributed by atoms with Crippen molar-refractivity contribution in [1.29, 1.82) is 0 Å². The first-order valence-electron chi connectivity index (χ1n) is 7.47. The Labute approximate surface area is 121 Å². The van der Waals surface area contributed by atoms with E-state index in [-0.39, 0.29) is 0 Å². The Hall–Kier alpha value is -1.61. The Morgan fingerprint density at radius 1 is 1.20 bits per heavy atom. The molecule has 1 aromatic carbocycles. The van der Waals surface area contributed by atoms with E-state index in [2.05, 4.69) is 43.4 Å². The quantitative estimate of drug-likeness (QED) is 0.907. The first-order valence-corrected chi connectivity index (χ1v) is 7.47. The van der Waals surface area contributed by atoms with Crippen LogP contribution in [0.1, 0.15) is 35.6 Å². The molecular formula is C17H23N3. The van der Waals surface area contributed by atoms with Crippen molar-refractivity contribution in [2.75, 3.05) is 13.1 Å². The molecule has 1 N–H and O–H groups in total. The Morgan fingerprint density at radius 3 is 2.75 bits per heavy atom. The number of nitrogens with zero attached hydrogens (tertiary/aromatic N) is 2. The van der Waals surface area contributed by atoms with E-state index in [4.69, 9.17) is 5.10 Å². The summed E-state index contributed by atoms with van der Waals surface area (Å²) < 4.78 is 2.02. The number of nitrogens with one attached hydrogen (secondary N) is 1. The summed E-state index contributed by atoms with van der Waals surface area (Å²) in [5.41, 5.74) is 6.39. The molecule has 2 aromatic rings. The van der Waals surface area contributed by atoms with Gasteiger partial charge in [0, 0.05) is 25.1 Å². The number of aryl methyl sites for hydroxylation is 3. The van der Waals surface area contributed by atoms with Crippen LogP contribution in [-0.2, 0) is 7.05 Å². The standard InChI is InChI=1S/C17H23N3/c1-12-6-7-14(9-13(12)2)17-10-16(19-20(17)3)15-5-4-8-18-11-15/h6-7,9-10,15,18H,4-5,8,11H2,1-3H3. The maximum absolute atomic E-state index is 4.74. The van der Waals surface area contributed by atoms with Gasteiger partial charge in [-0.05, 0) is 56.5 Å². The molecule has 3 rings (SSSR count). The van der Waals surface area contributed by atoms with Crippen LogP contribution in [0, 0.1) is 13.8 Å². The summed E-state index contributed by atoms with van der Waals surface area (Å²) in [6.45, 7) is 6.53. The second-order valence-corrected chi connectivity index (χ2v) is 5.92. The fraction of sp³-hybridized carbons (Fsp3) is 0.471. The Morgan fingerprint density at radius 2 is 2.05 bits per heavy atom. The molecule has 106 valence electrons. The zero-order chi connectivity index (χ0) is 14.1. The molecule has 0 saturated carbocycles. The minimum atomic E-state index is 0.565. The van der Waals surface area contributed by atoms with E-state index >= 15 is 0 Å². The molecule has 1 atom stereocenters. The van der Waals surface area contributed by atoms with E-state index in [1.807, 2.05) is 11.7 Å². The summed E-state index contributed by atoms with van der Waals surface area (Å²) in [5.74, 6) is 0.565. The fourth-order valence-corrected chi connectivity index (χ4v) is 2.96. The summed E-state index contributed by atoms with van der Waals surface area (Å²) in [6.07, 6.45) is 2.50. The van der Waals surface area contributed by atoms with Gasteiger partial charge in [-0.15, -0.1) is 0 Å². The van der Waals surface area contributed by atoms with Crippen LogP contribution in [0.4, 0.5) is 0 Å². The lowest BCUT2D eigenvalue weighted by molar-refractivity contribution is 0.451. The molecule has 0 spiro atoms. The number of hydrogen-bond donors (Lipinski definition) is 1. The molecule has 2 heterocycles. The molecule has 1 unspecified atom stereocenters. The van der Waals surface area contributed by atoms with Crippen molar-refractivity contribution < 1.29 is 0 Å². The first-order chi connectivity index (χ1) is 9.65. The van der Waals surface area contributed by atoms with Gasteiger partial charge in [-0.25, -0.2) is 0 Å². The van der Waals surface area contributed by atoms with Crippen LogP contribution in [0.2, 0.25) is 0 Å². The van der Waals surface area contributed by atoms with Crippen molar-refractivity contribution in [2.45, 2.75) is 32.6 Å². The second kappa shape index (κ2) is 5.41. The van der Waals surface area contributed by atoms with Crippen LogP contribution >= 0.6 is 0 Å². The molecule has 3 heteroatoms. The third kappa shape index (κ3) is 2.50. The van der Waals surface area contributed by atoms with Crippen LogP contribution in [0.15, 0.2) is 24.3 Å². The Bertz CT molecular complexity index is 607. The Balaban J connectivity index is 1.93. The third-order valence-electron chi connectivity index (χ3n) is 4.42. The summed E-state index contributed by atoms with van der Waals surface area (Å²) >= 11 is 0. The minimum Gasteiger partial charge on any atom is -0.316 e. The molecule has 0 amide bonds. The van der Waals surface area contributed by atoms with Crippen molar-refractivity contribution in [3.63, 3.8) is 0 Å². The van der Waals surface area contributed by atoms with E-state index in [1.165, 1.54) is 40.9 Å². The zero-order valence-electron chi connectivity index (χ0n) is 12.6. The lowest BCUT2D eigenvalue weighted by atomic mass is 9.95. The molecule has 20 heavy (non-hydrogen) atoms. The molecule has 0 aliphatic carbocycles. The molecule has 1 aromatic heterocycles. The summed E-state index contributed by atoms with van der Waals surface area (Å²) in [4.78, 5) is 0. The smallest absolute Gasteiger partial charge is 0.0682 e. The van der Waals surface area contributed by atoms with E-state index in [0.717, 1.165) is 13.1 Å². The van der Waals surface area contributed by atoms with Gasteiger partial charge in [-0.3, -0.25) is 4.68 Å². The van der Waals surface area contributed by atoms with Gasteiger partial charge in [-0.2, -0.15) is 5.10 Å². The zero-order valence-corrected chi connectivity index (χ0v) is 12.6. The minimum absolute atomic E-state index is 0.565. The van der Waals surface area contributed by atoms with Crippen molar-refractivity contribution in [3.8, 4) is 11.3 Å². The van der Waals surface area contributed by atoms with Crippen LogP contribution in [-0.4, -0.2) is 22.9 Å². The average molecular weight is 269 g/mol. The molecule has 1 saturated heterocycles. The lowest BCUT2D eigenvalue weighted by Crippen LogP contribution is -2.28. The SMILES string of the molecule is Cc1ccc(-c2cc(C3CCCNC3)nn2C)cc1C. The number of benzene rings is 1. The highest BCUT2D eigenvalue weighted by Crippen LogP contribution is 2.28. The van der Waals surface area contributed by atoms with Gasteiger partial charge in [0.2, 0.25) is 0 Å². The lowest BCUT2D eigenvalue weighted by Gasteiger charge is -2.20. The molecule has 1 fully saturated rings. The molecule has 0 bridgehead atoms. The van der Waals surface area contributed by atoms with Crippen molar-refractivity contribution in [1.82, 2.24) is 15.1 Å². The van der Waals surface area contributed by atoms with Crippen LogP contribution in [0.25, 0.3) is 11.3 Å². The Kier molecular flexibility index (Phi) is 3.62. The third-order valence-corrected chi connectivity index (χ3v) is 4.42. The van der Waals surface area contributed by atoms with Crippen LogP contribution < -0.4 is 5.32 Å². The first kappa shape index (κ1) is 13.4. The normalized spacial score (nSPS) is 19.2. The van der Waals surface area contributed by atoms with Crippen molar-refractivity contribution >= 4 is 0 Å². The number of piperidine rings is 1. The van der Waals surface area contributed by atoms with Gasteiger partial charge >= 0.3 is 0 Å². The van der Waals surface area contributed by atoms with Gasteiger partial charge in [0.25, 0.3) is 0 Å². The highest BCUT2D eigenvalue weighted by Gasteiger charge is 2.19. The predicted molar refractivity (Wildman–Crippen MR) is 83.0 cm³/mol.